The van der Waals surface area contributed by atoms with Gasteiger partial charge in [0.2, 0.25) is 0 Å². The minimum atomic E-state index is -0.242. The van der Waals surface area contributed by atoms with E-state index in [0.717, 1.165) is 40.3 Å². The molecule has 0 fully saturated rings. The zero-order chi connectivity index (χ0) is 26.0. The second kappa shape index (κ2) is 12.7. The Balaban J connectivity index is 1.44. The first-order chi connectivity index (χ1) is 18.1. The van der Waals surface area contributed by atoms with E-state index in [4.69, 9.17) is 9.47 Å². The Morgan fingerprint density at radius 3 is 2.38 bits per heavy atom. The minimum absolute atomic E-state index is 0.133. The maximum atomic E-state index is 12.5. The van der Waals surface area contributed by atoms with Gasteiger partial charge in [-0.1, -0.05) is 36.4 Å². The van der Waals surface area contributed by atoms with E-state index in [0.29, 0.717) is 17.6 Å². The first-order valence-corrected chi connectivity index (χ1v) is 12.9. The van der Waals surface area contributed by atoms with E-state index < -0.39 is 0 Å². The van der Waals surface area contributed by atoms with Crippen molar-refractivity contribution in [1.82, 2.24) is 20.2 Å². The molecular weight excluding hydrogens is 486 g/mol. The Labute approximate surface area is 220 Å². The molecule has 0 saturated heterocycles. The molecule has 0 aliphatic carbocycles. The molecule has 1 amide bonds. The van der Waals surface area contributed by atoms with Crippen molar-refractivity contribution in [3.63, 3.8) is 0 Å². The number of thioether (sulfide) groups is 1. The molecule has 1 N–H and O–H groups in total. The van der Waals surface area contributed by atoms with Crippen LogP contribution in [0.15, 0.2) is 83.1 Å². The molecule has 0 saturated carbocycles. The van der Waals surface area contributed by atoms with Crippen LogP contribution in [0.5, 0.6) is 11.5 Å². The summed E-state index contributed by atoms with van der Waals surface area (Å²) in [6.07, 6.45) is 2.56. The molecule has 1 aromatic heterocycles. The number of hydrogen-bond acceptors (Lipinski definition) is 7. The van der Waals surface area contributed by atoms with Crippen molar-refractivity contribution in [2.45, 2.75) is 25.4 Å². The van der Waals surface area contributed by atoms with Crippen LogP contribution in [0.3, 0.4) is 0 Å². The van der Waals surface area contributed by atoms with Crippen LogP contribution in [0.25, 0.3) is 17.1 Å². The largest absolute Gasteiger partial charge is 0.497 e. The average molecular weight is 516 g/mol. The van der Waals surface area contributed by atoms with Crippen LogP contribution in [0, 0.1) is 6.92 Å². The molecule has 0 spiro atoms. The molecule has 0 radical (unpaired) electrons. The van der Waals surface area contributed by atoms with Gasteiger partial charge in [-0.3, -0.25) is 9.36 Å². The van der Waals surface area contributed by atoms with Crippen LogP contribution < -0.4 is 14.9 Å². The van der Waals surface area contributed by atoms with E-state index in [-0.39, 0.29) is 11.7 Å². The number of methoxy groups -OCH3 is 1. The van der Waals surface area contributed by atoms with E-state index in [1.165, 1.54) is 11.8 Å². The molecule has 190 valence electrons. The number of aryl methyl sites for hydroxylation is 1. The van der Waals surface area contributed by atoms with Gasteiger partial charge in [0.25, 0.3) is 5.91 Å². The fourth-order valence-electron chi connectivity index (χ4n) is 3.43. The predicted octanol–water partition coefficient (Wildman–Crippen LogP) is 5.28. The Bertz CT molecular complexity index is 1330. The van der Waals surface area contributed by atoms with Crippen molar-refractivity contribution < 1.29 is 14.3 Å². The number of benzene rings is 3. The van der Waals surface area contributed by atoms with Gasteiger partial charge in [0, 0.05) is 11.3 Å². The first-order valence-electron chi connectivity index (χ1n) is 11.9. The highest BCUT2D eigenvalue weighted by molar-refractivity contribution is 7.99. The third-order valence-corrected chi connectivity index (χ3v) is 6.29. The molecular formula is C28H29N5O3S. The minimum Gasteiger partial charge on any atom is -0.497 e. The standard InChI is InChI=1S/C28H29N5O3S/c1-4-17-36-25-13-7-21(8-14-25)18-29-30-26(34)19-37-28-32-31-27(22-9-15-24(35-3)16-10-22)33(28)23-11-5-20(2)6-12-23/h5-16,18H,4,17,19H2,1-3H3,(H,30,34). The fourth-order valence-corrected chi connectivity index (χ4v) is 4.17. The van der Waals surface area contributed by atoms with Gasteiger partial charge >= 0.3 is 0 Å². The Hall–Kier alpha value is -4.11. The second-order valence-electron chi connectivity index (χ2n) is 8.20. The Kier molecular flexibility index (Phi) is 8.93. The number of hydrazone groups is 1. The monoisotopic (exact) mass is 515 g/mol. The lowest BCUT2D eigenvalue weighted by molar-refractivity contribution is -0.118. The average Bonchev–Trinajstić information content (AvgIpc) is 3.36. The number of aromatic nitrogens is 3. The molecule has 0 aliphatic rings. The van der Waals surface area contributed by atoms with Crippen molar-refractivity contribution in [1.29, 1.82) is 0 Å². The lowest BCUT2D eigenvalue weighted by atomic mass is 10.2. The second-order valence-corrected chi connectivity index (χ2v) is 9.15. The van der Waals surface area contributed by atoms with E-state index in [9.17, 15) is 4.79 Å². The summed E-state index contributed by atoms with van der Waals surface area (Å²) in [7, 11) is 1.63. The van der Waals surface area contributed by atoms with Gasteiger partial charge in [0.1, 0.15) is 11.5 Å². The van der Waals surface area contributed by atoms with E-state index in [1.54, 1.807) is 13.3 Å². The van der Waals surface area contributed by atoms with Crippen molar-refractivity contribution in [3.05, 3.63) is 83.9 Å². The van der Waals surface area contributed by atoms with Gasteiger partial charge < -0.3 is 9.47 Å². The summed E-state index contributed by atoms with van der Waals surface area (Å²) in [5, 5.41) is 13.5. The summed E-state index contributed by atoms with van der Waals surface area (Å²) in [4.78, 5) is 12.5. The third kappa shape index (κ3) is 6.98. The zero-order valence-corrected chi connectivity index (χ0v) is 21.9. The summed E-state index contributed by atoms with van der Waals surface area (Å²) >= 11 is 1.30. The molecule has 4 aromatic rings. The highest BCUT2D eigenvalue weighted by Gasteiger charge is 2.17. The lowest BCUT2D eigenvalue weighted by Gasteiger charge is -2.11. The van der Waals surface area contributed by atoms with Crippen LogP contribution in [-0.2, 0) is 4.79 Å². The summed E-state index contributed by atoms with van der Waals surface area (Å²) in [5.41, 5.74) is 6.39. The van der Waals surface area contributed by atoms with E-state index in [2.05, 4.69) is 27.6 Å². The molecule has 1 heterocycles. The smallest absolute Gasteiger partial charge is 0.250 e. The van der Waals surface area contributed by atoms with Crippen molar-refractivity contribution in [3.8, 4) is 28.6 Å². The number of carbonyl (C=O) groups is 1. The molecule has 3 aromatic carbocycles. The number of nitrogens with zero attached hydrogens (tertiary/aromatic N) is 4. The number of amides is 1. The number of rotatable bonds is 11. The third-order valence-electron chi connectivity index (χ3n) is 5.36. The highest BCUT2D eigenvalue weighted by Crippen LogP contribution is 2.29. The maximum absolute atomic E-state index is 12.5. The number of nitrogens with one attached hydrogen (secondary N) is 1. The summed E-state index contributed by atoms with van der Waals surface area (Å²) in [6.45, 7) is 4.78. The molecule has 0 bridgehead atoms. The molecule has 8 nitrogen and oxygen atoms in total. The van der Waals surface area contributed by atoms with Gasteiger partial charge in [-0.15, -0.1) is 10.2 Å². The van der Waals surface area contributed by atoms with Gasteiger partial charge in [0.05, 0.1) is 25.7 Å². The van der Waals surface area contributed by atoms with Crippen LogP contribution in [0.2, 0.25) is 0 Å². The molecule has 0 atom stereocenters. The predicted molar refractivity (Wildman–Crippen MR) is 147 cm³/mol. The summed E-state index contributed by atoms with van der Waals surface area (Å²) in [5.74, 6) is 2.14. The zero-order valence-electron chi connectivity index (χ0n) is 21.0. The molecule has 9 heteroatoms. The molecule has 37 heavy (non-hydrogen) atoms. The van der Waals surface area contributed by atoms with Gasteiger partial charge in [-0.2, -0.15) is 5.10 Å². The SMILES string of the molecule is CCCOc1ccc(C=NNC(=O)CSc2nnc(-c3ccc(OC)cc3)n2-c2ccc(C)cc2)cc1. The first kappa shape index (κ1) is 26.0. The van der Waals surface area contributed by atoms with Crippen molar-refractivity contribution in [2.75, 3.05) is 19.5 Å². The van der Waals surface area contributed by atoms with Gasteiger partial charge in [0.15, 0.2) is 11.0 Å². The summed E-state index contributed by atoms with van der Waals surface area (Å²) < 4.78 is 12.8. The maximum Gasteiger partial charge on any atom is 0.250 e. The molecule has 4 rings (SSSR count). The van der Waals surface area contributed by atoms with E-state index in [1.807, 2.05) is 84.3 Å². The van der Waals surface area contributed by atoms with E-state index >= 15 is 0 Å². The van der Waals surface area contributed by atoms with Gasteiger partial charge in [-0.05, 0) is 79.6 Å². The van der Waals surface area contributed by atoms with Gasteiger partial charge in [-0.25, -0.2) is 5.43 Å². The number of hydrogen-bond donors (Lipinski definition) is 1. The highest BCUT2D eigenvalue weighted by atomic mass is 32.2. The molecule has 0 unspecified atom stereocenters. The molecule has 0 aliphatic heterocycles. The Morgan fingerprint density at radius 1 is 1.00 bits per heavy atom. The van der Waals surface area contributed by atoms with Crippen LogP contribution in [0.1, 0.15) is 24.5 Å². The summed E-state index contributed by atoms with van der Waals surface area (Å²) in [6, 6.07) is 23.3. The van der Waals surface area contributed by atoms with Crippen LogP contribution >= 0.6 is 11.8 Å². The van der Waals surface area contributed by atoms with Crippen molar-refractivity contribution >= 4 is 23.9 Å². The van der Waals surface area contributed by atoms with Crippen LogP contribution in [-0.4, -0.2) is 46.4 Å². The number of carbonyl (C=O) groups excluding carboxylic acids is 1. The lowest BCUT2D eigenvalue weighted by Crippen LogP contribution is -2.20. The fraction of sp³-hybridized carbons (Fsp3) is 0.214. The quantitative estimate of drug-likeness (QED) is 0.166. The topological polar surface area (TPSA) is 90.6 Å². The normalized spacial score (nSPS) is 11.0. The van der Waals surface area contributed by atoms with Crippen LogP contribution in [0.4, 0.5) is 0 Å². The number of ether oxygens (including phenoxy) is 2. The van der Waals surface area contributed by atoms with Crippen molar-refractivity contribution in [2.24, 2.45) is 5.10 Å². The Morgan fingerprint density at radius 2 is 1.70 bits per heavy atom.